The van der Waals surface area contributed by atoms with Gasteiger partial charge in [-0.2, -0.15) is 0 Å². The Hall–Kier alpha value is -2.69. The molecule has 2 amide bonds. The van der Waals surface area contributed by atoms with Crippen molar-refractivity contribution in [1.29, 1.82) is 0 Å². The minimum absolute atomic E-state index is 0.0706. The predicted molar refractivity (Wildman–Crippen MR) is 127 cm³/mol. The number of aromatic nitrogens is 1. The van der Waals surface area contributed by atoms with Crippen LogP contribution in [0.1, 0.15) is 20.1 Å². The summed E-state index contributed by atoms with van der Waals surface area (Å²) in [5, 5.41) is 4.31. The Balaban J connectivity index is 1.51. The van der Waals surface area contributed by atoms with Gasteiger partial charge in [-0.1, -0.05) is 23.9 Å². The number of pyridine rings is 1. The maximum Gasteiger partial charge on any atom is 0.341 e. The molecule has 3 aromatic heterocycles. The van der Waals surface area contributed by atoms with Gasteiger partial charge in [0.1, 0.15) is 5.03 Å². The van der Waals surface area contributed by atoms with E-state index in [0.717, 1.165) is 9.75 Å². The first-order valence-electron chi connectivity index (χ1n) is 9.71. The Morgan fingerprint density at radius 1 is 0.938 bits per heavy atom. The zero-order valence-electron chi connectivity index (χ0n) is 17.7. The van der Waals surface area contributed by atoms with Gasteiger partial charge in [-0.15, -0.1) is 22.7 Å². The van der Waals surface area contributed by atoms with Crippen molar-refractivity contribution in [2.75, 3.05) is 26.5 Å². The normalized spacial score (nSPS) is 10.6. The van der Waals surface area contributed by atoms with E-state index in [-0.39, 0.29) is 29.7 Å². The minimum atomic E-state index is -0.641. The van der Waals surface area contributed by atoms with Crippen molar-refractivity contribution in [3.05, 3.63) is 68.7 Å². The van der Waals surface area contributed by atoms with E-state index in [0.29, 0.717) is 18.1 Å². The summed E-state index contributed by atoms with van der Waals surface area (Å²) < 4.78 is 5.22. The summed E-state index contributed by atoms with van der Waals surface area (Å²) in [7, 11) is 3.41. The number of carbonyl (C=O) groups is 3. The number of hydrogen-bond acceptors (Lipinski definition) is 8. The molecule has 0 bridgehead atoms. The molecule has 0 spiro atoms. The molecule has 0 aromatic carbocycles. The van der Waals surface area contributed by atoms with Gasteiger partial charge in [-0.25, -0.2) is 9.78 Å². The molecule has 0 aliphatic heterocycles. The fraction of sp³-hybridized carbons (Fsp3) is 0.273. The second kappa shape index (κ2) is 11.8. The standard InChI is InChI=1S/C22H23N3O4S3/c1-24(12-16-6-4-10-30-16)19(26)14-29-22(28)18-8-3-9-23-21(18)32-15-20(27)25(2)13-17-7-5-11-31-17/h3-11H,12-15H2,1-2H3. The first kappa shape index (κ1) is 24.0. The van der Waals surface area contributed by atoms with Crippen LogP contribution in [0.25, 0.3) is 0 Å². The van der Waals surface area contributed by atoms with Crippen LogP contribution in [0.15, 0.2) is 58.4 Å². The molecule has 7 nitrogen and oxygen atoms in total. The van der Waals surface area contributed by atoms with E-state index in [1.807, 2.05) is 35.0 Å². The Morgan fingerprint density at radius 2 is 1.56 bits per heavy atom. The van der Waals surface area contributed by atoms with E-state index >= 15 is 0 Å². The number of likely N-dealkylation sites (N-methyl/N-ethyl adjacent to an activating group) is 1. The second-order valence-electron chi connectivity index (χ2n) is 6.88. The molecular formula is C22H23N3O4S3. The lowest BCUT2D eigenvalue weighted by Crippen LogP contribution is -2.30. The molecule has 0 fully saturated rings. The topological polar surface area (TPSA) is 79.8 Å². The molecule has 0 saturated heterocycles. The van der Waals surface area contributed by atoms with Crippen LogP contribution in [-0.2, 0) is 27.4 Å². The van der Waals surface area contributed by atoms with Gasteiger partial charge >= 0.3 is 5.97 Å². The summed E-state index contributed by atoms with van der Waals surface area (Å²) in [5.41, 5.74) is 0.236. The zero-order valence-corrected chi connectivity index (χ0v) is 20.2. The molecule has 32 heavy (non-hydrogen) atoms. The molecule has 168 valence electrons. The van der Waals surface area contributed by atoms with Crippen molar-refractivity contribution in [3.8, 4) is 0 Å². The Morgan fingerprint density at radius 3 is 2.16 bits per heavy atom. The van der Waals surface area contributed by atoms with Gasteiger partial charge in [0.2, 0.25) is 5.91 Å². The molecule has 0 aliphatic rings. The number of thiophene rings is 2. The highest BCUT2D eigenvalue weighted by atomic mass is 32.2. The molecule has 3 aromatic rings. The van der Waals surface area contributed by atoms with Gasteiger partial charge in [0.25, 0.3) is 5.91 Å². The van der Waals surface area contributed by atoms with Crippen molar-refractivity contribution in [2.24, 2.45) is 0 Å². The lowest BCUT2D eigenvalue weighted by atomic mass is 10.3. The monoisotopic (exact) mass is 489 g/mol. The lowest BCUT2D eigenvalue weighted by Gasteiger charge is -2.17. The highest BCUT2D eigenvalue weighted by molar-refractivity contribution is 8.00. The van der Waals surface area contributed by atoms with E-state index in [2.05, 4.69) is 4.98 Å². The molecule has 0 aliphatic carbocycles. The maximum atomic E-state index is 12.6. The Bertz CT molecular complexity index is 1040. The lowest BCUT2D eigenvalue weighted by molar-refractivity contribution is -0.133. The second-order valence-corrected chi connectivity index (χ2v) is 9.91. The van der Waals surface area contributed by atoms with Crippen LogP contribution in [0, 0.1) is 0 Å². The average molecular weight is 490 g/mol. The van der Waals surface area contributed by atoms with Gasteiger partial charge in [-0.05, 0) is 35.0 Å². The maximum absolute atomic E-state index is 12.6. The van der Waals surface area contributed by atoms with Crippen molar-refractivity contribution >= 4 is 52.2 Å². The third-order valence-corrected chi connectivity index (χ3v) is 7.16. The molecule has 0 saturated carbocycles. The Kier molecular flexibility index (Phi) is 8.83. The number of nitrogens with zero attached hydrogens (tertiary/aromatic N) is 3. The number of rotatable bonds is 10. The third-order valence-electron chi connectivity index (χ3n) is 4.45. The Labute approximate surface area is 199 Å². The van der Waals surface area contributed by atoms with Crippen molar-refractivity contribution in [1.82, 2.24) is 14.8 Å². The minimum Gasteiger partial charge on any atom is -0.452 e. The number of amides is 2. The first-order valence-corrected chi connectivity index (χ1v) is 12.5. The van der Waals surface area contributed by atoms with Crippen LogP contribution in [-0.4, -0.2) is 59.0 Å². The van der Waals surface area contributed by atoms with Crippen LogP contribution < -0.4 is 0 Å². The molecule has 10 heteroatoms. The number of ether oxygens (including phenoxy) is 1. The van der Waals surface area contributed by atoms with Gasteiger partial charge in [0.05, 0.1) is 24.4 Å². The van der Waals surface area contributed by atoms with Gasteiger partial charge in [0, 0.05) is 30.0 Å². The fourth-order valence-electron chi connectivity index (χ4n) is 2.67. The zero-order chi connectivity index (χ0) is 22.9. The van der Waals surface area contributed by atoms with Crippen LogP contribution in [0.4, 0.5) is 0 Å². The highest BCUT2D eigenvalue weighted by Gasteiger charge is 2.19. The van der Waals surface area contributed by atoms with Crippen molar-refractivity contribution < 1.29 is 19.1 Å². The third kappa shape index (κ3) is 6.91. The van der Waals surface area contributed by atoms with Crippen LogP contribution in [0.2, 0.25) is 0 Å². The molecule has 3 rings (SSSR count). The fourth-order valence-corrected chi connectivity index (χ4v) is 5.10. The molecule has 0 N–H and O–H groups in total. The van der Waals surface area contributed by atoms with E-state index in [1.54, 1.807) is 60.0 Å². The van der Waals surface area contributed by atoms with E-state index in [9.17, 15) is 14.4 Å². The summed E-state index contributed by atoms with van der Waals surface area (Å²) in [5.74, 6) is -0.867. The van der Waals surface area contributed by atoms with Gasteiger partial charge < -0.3 is 14.5 Å². The summed E-state index contributed by atoms with van der Waals surface area (Å²) in [6.07, 6.45) is 1.55. The highest BCUT2D eigenvalue weighted by Crippen LogP contribution is 2.22. The quantitative estimate of drug-likeness (QED) is 0.319. The van der Waals surface area contributed by atoms with Crippen LogP contribution in [0.3, 0.4) is 0 Å². The first-order chi connectivity index (χ1) is 15.4. The van der Waals surface area contributed by atoms with Gasteiger partial charge in [-0.3, -0.25) is 9.59 Å². The number of thioether (sulfide) groups is 1. The van der Waals surface area contributed by atoms with Crippen molar-refractivity contribution in [2.45, 2.75) is 18.1 Å². The predicted octanol–water partition coefficient (Wildman–Crippen LogP) is 3.77. The van der Waals surface area contributed by atoms with Gasteiger partial charge in [0.15, 0.2) is 6.61 Å². The molecular weight excluding hydrogens is 466 g/mol. The van der Waals surface area contributed by atoms with Crippen LogP contribution >= 0.6 is 34.4 Å². The number of hydrogen-bond donors (Lipinski definition) is 0. The molecule has 0 unspecified atom stereocenters. The summed E-state index contributed by atoms with van der Waals surface area (Å²) in [6.45, 7) is 0.640. The summed E-state index contributed by atoms with van der Waals surface area (Å²) >= 11 is 4.33. The molecule has 0 atom stereocenters. The summed E-state index contributed by atoms with van der Waals surface area (Å²) in [4.78, 5) is 46.8. The number of carbonyl (C=O) groups excluding carboxylic acids is 3. The SMILES string of the molecule is CN(Cc1cccs1)C(=O)COC(=O)c1cccnc1SCC(=O)N(C)Cc1cccs1. The van der Waals surface area contributed by atoms with E-state index in [4.69, 9.17) is 4.74 Å². The number of esters is 1. The average Bonchev–Trinajstić information content (AvgIpc) is 3.50. The molecule has 3 heterocycles. The van der Waals surface area contributed by atoms with Crippen molar-refractivity contribution in [3.63, 3.8) is 0 Å². The van der Waals surface area contributed by atoms with E-state index < -0.39 is 5.97 Å². The largest absolute Gasteiger partial charge is 0.452 e. The van der Waals surface area contributed by atoms with E-state index in [1.165, 1.54) is 16.7 Å². The smallest absolute Gasteiger partial charge is 0.341 e. The molecule has 0 radical (unpaired) electrons. The van der Waals surface area contributed by atoms with Crippen LogP contribution in [0.5, 0.6) is 0 Å². The summed E-state index contributed by atoms with van der Waals surface area (Å²) in [6, 6.07) is 11.0.